The summed E-state index contributed by atoms with van der Waals surface area (Å²) in [6, 6.07) is 7.45. The Bertz CT molecular complexity index is 714. The standard InChI is InChI=1S/C17H20ClN3O2/c1-11-15(10-21-7-3-5-13(9-21)16(19)22)20-17(23-11)12-4-2-6-14(18)8-12/h2,4,6,8,13H,3,5,7,9-10H2,1H3,(H2,19,22). The number of halogens is 1. The second kappa shape index (κ2) is 6.72. The quantitative estimate of drug-likeness (QED) is 0.933. The smallest absolute Gasteiger partial charge is 0.226 e. The topological polar surface area (TPSA) is 72.4 Å². The highest BCUT2D eigenvalue weighted by Crippen LogP contribution is 2.26. The van der Waals surface area contributed by atoms with Gasteiger partial charge in [0.05, 0.1) is 11.6 Å². The molecule has 6 heteroatoms. The van der Waals surface area contributed by atoms with Crippen molar-refractivity contribution >= 4 is 17.5 Å². The van der Waals surface area contributed by atoms with E-state index in [0.29, 0.717) is 24.0 Å². The van der Waals surface area contributed by atoms with Gasteiger partial charge in [0.15, 0.2) is 0 Å². The number of aryl methyl sites for hydroxylation is 1. The van der Waals surface area contributed by atoms with Crippen LogP contribution in [0.2, 0.25) is 5.02 Å². The molecule has 0 bridgehead atoms. The van der Waals surface area contributed by atoms with Crippen LogP contribution in [0.25, 0.3) is 11.5 Å². The third kappa shape index (κ3) is 3.74. The van der Waals surface area contributed by atoms with Crippen LogP contribution in [0.15, 0.2) is 28.7 Å². The lowest BCUT2D eigenvalue weighted by atomic mass is 9.97. The van der Waals surface area contributed by atoms with Gasteiger partial charge in [-0.2, -0.15) is 0 Å². The zero-order chi connectivity index (χ0) is 16.4. The molecule has 0 spiro atoms. The Morgan fingerprint density at radius 3 is 3.09 bits per heavy atom. The number of carbonyl (C=O) groups is 1. The fourth-order valence-corrected chi connectivity index (χ4v) is 3.15. The predicted molar refractivity (Wildman–Crippen MR) is 88.9 cm³/mol. The lowest BCUT2D eigenvalue weighted by Crippen LogP contribution is -2.40. The molecule has 2 aromatic rings. The molecule has 2 N–H and O–H groups in total. The zero-order valence-electron chi connectivity index (χ0n) is 13.1. The van der Waals surface area contributed by atoms with Crippen LogP contribution in [-0.2, 0) is 11.3 Å². The molecule has 1 saturated heterocycles. The Hall–Kier alpha value is -1.85. The highest BCUT2D eigenvalue weighted by Gasteiger charge is 2.25. The average molecular weight is 334 g/mol. The van der Waals surface area contributed by atoms with Crippen LogP contribution >= 0.6 is 11.6 Å². The van der Waals surface area contributed by atoms with Crippen LogP contribution in [0.5, 0.6) is 0 Å². The fraction of sp³-hybridized carbons (Fsp3) is 0.412. The van der Waals surface area contributed by atoms with Crippen molar-refractivity contribution < 1.29 is 9.21 Å². The van der Waals surface area contributed by atoms with E-state index >= 15 is 0 Å². The van der Waals surface area contributed by atoms with Gasteiger partial charge in [0.1, 0.15) is 5.76 Å². The first-order valence-electron chi connectivity index (χ1n) is 7.77. The van der Waals surface area contributed by atoms with Gasteiger partial charge in [-0.25, -0.2) is 4.98 Å². The number of carbonyl (C=O) groups excluding carboxylic acids is 1. The maximum Gasteiger partial charge on any atom is 0.226 e. The third-order valence-corrected chi connectivity index (χ3v) is 4.48. The van der Waals surface area contributed by atoms with E-state index in [4.69, 9.17) is 21.8 Å². The summed E-state index contributed by atoms with van der Waals surface area (Å²) in [6.07, 6.45) is 1.85. The maximum atomic E-state index is 11.4. The summed E-state index contributed by atoms with van der Waals surface area (Å²) in [5.74, 6) is 1.08. The summed E-state index contributed by atoms with van der Waals surface area (Å²) >= 11 is 6.02. The van der Waals surface area contributed by atoms with Crippen molar-refractivity contribution in [2.75, 3.05) is 13.1 Å². The Kier molecular flexibility index (Phi) is 4.68. The second-order valence-corrected chi connectivity index (χ2v) is 6.45. The molecular weight excluding hydrogens is 314 g/mol. The summed E-state index contributed by atoms with van der Waals surface area (Å²) in [5.41, 5.74) is 7.19. The molecule has 1 amide bonds. The molecule has 0 saturated carbocycles. The van der Waals surface area contributed by atoms with Gasteiger partial charge in [-0.15, -0.1) is 0 Å². The molecule has 1 fully saturated rings. The minimum Gasteiger partial charge on any atom is -0.441 e. The molecule has 23 heavy (non-hydrogen) atoms. The first-order chi connectivity index (χ1) is 11.0. The minimum atomic E-state index is -0.216. The third-order valence-electron chi connectivity index (χ3n) is 4.25. The normalized spacial score (nSPS) is 19.0. The van der Waals surface area contributed by atoms with E-state index in [0.717, 1.165) is 36.4 Å². The van der Waals surface area contributed by atoms with E-state index in [-0.39, 0.29) is 11.8 Å². The van der Waals surface area contributed by atoms with E-state index < -0.39 is 0 Å². The number of hydrogen-bond acceptors (Lipinski definition) is 4. The van der Waals surface area contributed by atoms with Crippen LogP contribution in [0, 0.1) is 12.8 Å². The van der Waals surface area contributed by atoms with Crippen molar-refractivity contribution in [3.8, 4) is 11.5 Å². The van der Waals surface area contributed by atoms with Crippen LogP contribution in [0.4, 0.5) is 0 Å². The number of nitrogens with zero attached hydrogens (tertiary/aromatic N) is 2. The summed E-state index contributed by atoms with van der Waals surface area (Å²) in [7, 11) is 0. The van der Waals surface area contributed by atoms with Gasteiger partial charge < -0.3 is 10.2 Å². The number of oxazole rings is 1. The number of piperidine rings is 1. The van der Waals surface area contributed by atoms with E-state index in [9.17, 15) is 4.79 Å². The lowest BCUT2D eigenvalue weighted by Gasteiger charge is -2.30. The first kappa shape index (κ1) is 16.0. The Morgan fingerprint density at radius 1 is 1.52 bits per heavy atom. The van der Waals surface area contributed by atoms with Crippen LogP contribution < -0.4 is 5.73 Å². The van der Waals surface area contributed by atoms with Gasteiger partial charge in [0, 0.05) is 23.7 Å². The maximum absolute atomic E-state index is 11.4. The van der Waals surface area contributed by atoms with Crippen molar-refractivity contribution in [3.63, 3.8) is 0 Å². The second-order valence-electron chi connectivity index (χ2n) is 6.01. The average Bonchev–Trinajstić information content (AvgIpc) is 2.89. The largest absolute Gasteiger partial charge is 0.441 e. The monoisotopic (exact) mass is 333 g/mol. The predicted octanol–water partition coefficient (Wildman–Crippen LogP) is 3.00. The van der Waals surface area contributed by atoms with Crippen LogP contribution in [0.3, 0.4) is 0 Å². The SMILES string of the molecule is Cc1oc(-c2cccc(Cl)c2)nc1CN1CCCC(C(N)=O)C1. The number of benzene rings is 1. The Labute approximate surface area is 140 Å². The number of hydrogen-bond donors (Lipinski definition) is 1. The number of primary amides is 1. The molecule has 3 rings (SSSR count). The van der Waals surface area contributed by atoms with Crippen molar-refractivity contribution in [3.05, 3.63) is 40.7 Å². The number of nitrogens with two attached hydrogens (primary N) is 1. The fourth-order valence-electron chi connectivity index (χ4n) is 2.96. The molecule has 1 aliphatic heterocycles. The van der Waals surface area contributed by atoms with Gasteiger partial charge in [-0.1, -0.05) is 17.7 Å². The van der Waals surface area contributed by atoms with Crippen molar-refractivity contribution in [2.45, 2.75) is 26.3 Å². The number of amides is 1. The molecule has 1 aromatic heterocycles. The molecule has 0 radical (unpaired) electrons. The molecular formula is C17H20ClN3O2. The number of rotatable bonds is 4. The molecule has 5 nitrogen and oxygen atoms in total. The molecule has 1 unspecified atom stereocenters. The van der Waals surface area contributed by atoms with Gasteiger partial charge in [0.25, 0.3) is 0 Å². The van der Waals surface area contributed by atoms with Crippen LogP contribution in [0.1, 0.15) is 24.3 Å². The van der Waals surface area contributed by atoms with Gasteiger partial charge in [0.2, 0.25) is 11.8 Å². The lowest BCUT2D eigenvalue weighted by molar-refractivity contribution is -0.123. The molecule has 1 atom stereocenters. The van der Waals surface area contributed by atoms with Crippen molar-refractivity contribution in [1.29, 1.82) is 0 Å². The summed E-state index contributed by atoms with van der Waals surface area (Å²) < 4.78 is 5.78. The molecule has 1 aromatic carbocycles. The first-order valence-corrected chi connectivity index (χ1v) is 8.14. The molecule has 0 aliphatic carbocycles. The van der Waals surface area contributed by atoms with Crippen molar-refractivity contribution in [1.82, 2.24) is 9.88 Å². The van der Waals surface area contributed by atoms with Gasteiger partial charge >= 0.3 is 0 Å². The minimum absolute atomic E-state index is 0.0663. The van der Waals surface area contributed by atoms with E-state index in [1.807, 2.05) is 31.2 Å². The summed E-state index contributed by atoms with van der Waals surface area (Å²) in [5, 5.41) is 0.653. The highest BCUT2D eigenvalue weighted by atomic mass is 35.5. The number of likely N-dealkylation sites (tertiary alicyclic amines) is 1. The van der Waals surface area contributed by atoms with Crippen LogP contribution in [-0.4, -0.2) is 28.9 Å². The molecule has 1 aliphatic rings. The summed E-state index contributed by atoms with van der Waals surface area (Å²) in [4.78, 5) is 18.2. The number of aromatic nitrogens is 1. The molecule has 122 valence electrons. The van der Waals surface area contributed by atoms with E-state index in [1.54, 1.807) is 0 Å². The van der Waals surface area contributed by atoms with Gasteiger partial charge in [-0.3, -0.25) is 9.69 Å². The highest BCUT2D eigenvalue weighted by molar-refractivity contribution is 6.30. The molecule has 2 heterocycles. The van der Waals surface area contributed by atoms with Gasteiger partial charge in [-0.05, 0) is 44.5 Å². The van der Waals surface area contributed by atoms with E-state index in [2.05, 4.69) is 9.88 Å². The van der Waals surface area contributed by atoms with E-state index in [1.165, 1.54) is 0 Å². The Balaban J connectivity index is 1.75. The van der Waals surface area contributed by atoms with Crippen molar-refractivity contribution in [2.24, 2.45) is 11.7 Å². The zero-order valence-corrected chi connectivity index (χ0v) is 13.8. The summed E-state index contributed by atoms with van der Waals surface area (Å²) in [6.45, 7) is 4.21. The Morgan fingerprint density at radius 2 is 2.35 bits per heavy atom.